The van der Waals surface area contributed by atoms with E-state index in [4.69, 9.17) is 10.5 Å². The van der Waals surface area contributed by atoms with Crippen LogP contribution < -0.4 is 5.73 Å². The molecule has 0 aliphatic heterocycles. The highest BCUT2D eigenvalue weighted by Crippen LogP contribution is 2.31. The zero-order valence-corrected chi connectivity index (χ0v) is 11.1. The summed E-state index contributed by atoms with van der Waals surface area (Å²) in [6.45, 7) is 8.37. The van der Waals surface area contributed by atoms with Gasteiger partial charge in [-0.2, -0.15) is 0 Å². The number of nitrogens with two attached hydrogens (primary N) is 1. The van der Waals surface area contributed by atoms with Gasteiger partial charge in [-0.05, 0) is 31.1 Å². The van der Waals surface area contributed by atoms with Crippen molar-refractivity contribution in [2.24, 2.45) is 17.6 Å². The van der Waals surface area contributed by atoms with E-state index >= 15 is 0 Å². The lowest BCUT2D eigenvalue weighted by Crippen LogP contribution is -2.44. The third-order valence-electron chi connectivity index (χ3n) is 4.09. The molecular weight excluding hydrogens is 200 g/mol. The third kappa shape index (κ3) is 4.04. The smallest absolute Gasteiger partial charge is 0.0589 e. The summed E-state index contributed by atoms with van der Waals surface area (Å²) in [6.07, 6.45) is 4.01. The van der Waals surface area contributed by atoms with Gasteiger partial charge in [0, 0.05) is 32.8 Å². The van der Waals surface area contributed by atoms with Crippen LogP contribution in [-0.2, 0) is 4.74 Å². The zero-order chi connectivity index (χ0) is 12.0. The molecule has 0 amide bonds. The second-order valence-electron chi connectivity index (χ2n) is 5.24. The van der Waals surface area contributed by atoms with Crippen LogP contribution in [0.2, 0.25) is 0 Å². The molecule has 2 N–H and O–H groups in total. The van der Waals surface area contributed by atoms with Gasteiger partial charge in [-0.3, -0.25) is 4.90 Å². The van der Waals surface area contributed by atoms with E-state index in [0.29, 0.717) is 0 Å². The van der Waals surface area contributed by atoms with E-state index in [1.54, 1.807) is 7.11 Å². The van der Waals surface area contributed by atoms with Crippen molar-refractivity contribution in [1.82, 2.24) is 4.90 Å². The van der Waals surface area contributed by atoms with E-state index in [1.807, 2.05) is 0 Å². The molecule has 0 heterocycles. The molecule has 0 aromatic heterocycles. The maximum Gasteiger partial charge on any atom is 0.0589 e. The summed E-state index contributed by atoms with van der Waals surface area (Å²) < 4.78 is 5.17. The third-order valence-corrected chi connectivity index (χ3v) is 4.09. The summed E-state index contributed by atoms with van der Waals surface area (Å²) >= 11 is 0. The van der Waals surface area contributed by atoms with Crippen LogP contribution in [0.25, 0.3) is 0 Å². The highest BCUT2D eigenvalue weighted by atomic mass is 16.5. The van der Waals surface area contributed by atoms with Gasteiger partial charge in [0.15, 0.2) is 0 Å². The molecule has 0 aromatic carbocycles. The summed E-state index contributed by atoms with van der Waals surface area (Å²) in [7, 11) is 1.77. The molecule has 1 rings (SSSR count). The first kappa shape index (κ1) is 13.9. The van der Waals surface area contributed by atoms with Crippen molar-refractivity contribution >= 4 is 0 Å². The summed E-state index contributed by atoms with van der Waals surface area (Å²) in [5.74, 6) is 1.74. The minimum absolute atomic E-state index is 0.727. The molecule has 3 atom stereocenters. The van der Waals surface area contributed by atoms with Crippen LogP contribution >= 0.6 is 0 Å². The Morgan fingerprint density at radius 3 is 2.50 bits per heavy atom. The zero-order valence-electron chi connectivity index (χ0n) is 11.1. The first-order valence-electron chi connectivity index (χ1n) is 6.62. The van der Waals surface area contributed by atoms with Gasteiger partial charge >= 0.3 is 0 Å². The van der Waals surface area contributed by atoms with Gasteiger partial charge in [0.05, 0.1) is 6.61 Å². The fourth-order valence-corrected chi connectivity index (χ4v) is 2.70. The largest absolute Gasteiger partial charge is 0.383 e. The maximum absolute atomic E-state index is 5.69. The lowest BCUT2D eigenvalue weighted by Gasteiger charge is -2.39. The monoisotopic (exact) mass is 228 g/mol. The molecule has 0 spiro atoms. The molecule has 0 saturated heterocycles. The van der Waals surface area contributed by atoms with E-state index in [0.717, 1.165) is 44.1 Å². The average molecular weight is 228 g/mol. The van der Waals surface area contributed by atoms with Crippen molar-refractivity contribution in [3.63, 3.8) is 0 Å². The highest BCUT2D eigenvalue weighted by Gasteiger charge is 2.27. The van der Waals surface area contributed by atoms with Gasteiger partial charge in [0.2, 0.25) is 0 Å². The second-order valence-corrected chi connectivity index (χ2v) is 5.24. The summed E-state index contributed by atoms with van der Waals surface area (Å²) in [5, 5.41) is 0. The Morgan fingerprint density at radius 1 is 1.19 bits per heavy atom. The molecule has 1 aliphatic carbocycles. The Labute approximate surface area is 100 Å². The van der Waals surface area contributed by atoms with Crippen molar-refractivity contribution in [3.8, 4) is 0 Å². The van der Waals surface area contributed by atoms with E-state index < -0.39 is 0 Å². The fourth-order valence-electron chi connectivity index (χ4n) is 2.70. The molecule has 96 valence electrons. The predicted octanol–water partition coefficient (Wildman–Crippen LogP) is 1.72. The van der Waals surface area contributed by atoms with Gasteiger partial charge in [-0.25, -0.2) is 0 Å². The van der Waals surface area contributed by atoms with Gasteiger partial charge in [-0.1, -0.05) is 13.8 Å². The molecule has 3 nitrogen and oxygen atoms in total. The van der Waals surface area contributed by atoms with Crippen LogP contribution in [0.3, 0.4) is 0 Å². The molecule has 1 saturated carbocycles. The van der Waals surface area contributed by atoms with E-state index in [2.05, 4.69) is 18.7 Å². The first-order chi connectivity index (χ1) is 7.69. The van der Waals surface area contributed by atoms with Crippen LogP contribution in [0.5, 0.6) is 0 Å². The Balaban J connectivity index is 2.43. The Hall–Kier alpha value is -0.120. The predicted molar refractivity (Wildman–Crippen MR) is 68.5 cm³/mol. The molecule has 0 bridgehead atoms. The van der Waals surface area contributed by atoms with Crippen LogP contribution in [0, 0.1) is 11.8 Å². The first-order valence-corrected chi connectivity index (χ1v) is 6.62. The van der Waals surface area contributed by atoms with Crippen LogP contribution in [-0.4, -0.2) is 44.3 Å². The normalized spacial score (nSPS) is 30.9. The number of ether oxygens (including phenoxy) is 1. The van der Waals surface area contributed by atoms with Gasteiger partial charge < -0.3 is 10.5 Å². The van der Waals surface area contributed by atoms with Gasteiger partial charge in [-0.15, -0.1) is 0 Å². The number of hydrogen-bond acceptors (Lipinski definition) is 3. The van der Waals surface area contributed by atoms with Crippen molar-refractivity contribution in [2.45, 2.75) is 39.2 Å². The number of rotatable bonds is 6. The lowest BCUT2D eigenvalue weighted by atomic mass is 9.78. The molecule has 16 heavy (non-hydrogen) atoms. The number of nitrogens with zero attached hydrogens (tertiary/aromatic N) is 1. The lowest BCUT2D eigenvalue weighted by molar-refractivity contribution is 0.0797. The van der Waals surface area contributed by atoms with Crippen molar-refractivity contribution < 1.29 is 4.74 Å². The van der Waals surface area contributed by atoms with Crippen LogP contribution in [0.15, 0.2) is 0 Å². The standard InChI is InChI=1S/C13H28N2O/c1-11-4-5-13(10-12(11)2)15(7-6-14)8-9-16-3/h11-13H,4-10,14H2,1-3H3. The molecule has 0 aromatic rings. The second kappa shape index (κ2) is 7.25. The molecular formula is C13H28N2O. The van der Waals surface area contributed by atoms with E-state index in [9.17, 15) is 0 Å². The van der Waals surface area contributed by atoms with Crippen molar-refractivity contribution in [2.75, 3.05) is 33.4 Å². The topological polar surface area (TPSA) is 38.5 Å². The number of methoxy groups -OCH3 is 1. The Bertz CT molecular complexity index is 185. The van der Waals surface area contributed by atoms with Crippen LogP contribution in [0.1, 0.15) is 33.1 Å². The van der Waals surface area contributed by atoms with Gasteiger partial charge in [0.25, 0.3) is 0 Å². The molecule has 0 radical (unpaired) electrons. The fraction of sp³-hybridized carbons (Fsp3) is 1.00. The Morgan fingerprint density at radius 2 is 1.94 bits per heavy atom. The van der Waals surface area contributed by atoms with Crippen molar-refractivity contribution in [1.29, 1.82) is 0 Å². The summed E-state index contributed by atoms with van der Waals surface area (Å²) in [4.78, 5) is 2.52. The van der Waals surface area contributed by atoms with Crippen LogP contribution in [0.4, 0.5) is 0 Å². The van der Waals surface area contributed by atoms with E-state index in [-0.39, 0.29) is 0 Å². The number of hydrogen-bond donors (Lipinski definition) is 1. The van der Waals surface area contributed by atoms with Gasteiger partial charge in [0.1, 0.15) is 0 Å². The summed E-state index contributed by atoms with van der Waals surface area (Å²) in [6, 6.07) is 0.727. The SMILES string of the molecule is COCCN(CCN)C1CCC(C)C(C)C1. The highest BCUT2D eigenvalue weighted by molar-refractivity contribution is 4.82. The molecule has 1 fully saturated rings. The Kier molecular flexibility index (Phi) is 6.32. The molecule has 3 unspecified atom stereocenters. The quantitative estimate of drug-likeness (QED) is 0.752. The molecule has 1 aliphatic rings. The minimum Gasteiger partial charge on any atom is -0.383 e. The summed E-state index contributed by atoms with van der Waals surface area (Å²) in [5.41, 5.74) is 5.69. The van der Waals surface area contributed by atoms with Crippen molar-refractivity contribution in [3.05, 3.63) is 0 Å². The molecule has 3 heteroatoms. The average Bonchev–Trinajstić information content (AvgIpc) is 2.28. The minimum atomic E-state index is 0.727. The van der Waals surface area contributed by atoms with E-state index in [1.165, 1.54) is 19.3 Å². The maximum atomic E-state index is 5.69.